The maximum Gasteiger partial charge on any atom is 0.306 e. The number of carbonyl (C=O) groups is 4. The van der Waals surface area contributed by atoms with Crippen molar-refractivity contribution in [3.63, 3.8) is 0 Å². The molecule has 0 aliphatic carbocycles. The number of aliphatic carboxylic acids is 2. The van der Waals surface area contributed by atoms with Gasteiger partial charge in [-0.1, -0.05) is 13.8 Å². The summed E-state index contributed by atoms with van der Waals surface area (Å²) in [5.74, 6) is -2.66. The highest BCUT2D eigenvalue weighted by Crippen LogP contribution is 2.34. The molecule has 0 radical (unpaired) electrons. The minimum Gasteiger partial charge on any atom is -0.488 e. The first kappa shape index (κ1) is 31.3. The van der Waals surface area contributed by atoms with Crippen molar-refractivity contribution < 1.29 is 48.3 Å². The molecule has 2 aromatic rings. The topological polar surface area (TPSA) is 178 Å². The SMILES string of the molecule is COc1nc2c(cc1OCCCOc1cc3c(nc1OC)CN(C(=O)CC(C)C(=O)O)C3)CN(C(=O)CC(C)C(=O)O)C2. The highest BCUT2D eigenvalue weighted by Gasteiger charge is 2.30. The van der Waals surface area contributed by atoms with Crippen LogP contribution in [0.2, 0.25) is 0 Å². The van der Waals surface area contributed by atoms with Gasteiger partial charge in [0.2, 0.25) is 11.8 Å². The number of carbonyl (C=O) groups excluding carboxylic acids is 2. The minimum atomic E-state index is -1.02. The Balaban J connectivity index is 1.30. The second-order valence-electron chi connectivity index (χ2n) is 10.6. The van der Waals surface area contributed by atoms with Gasteiger partial charge in [0.1, 0.15) is 0 Å². The number of carboxylic acid groups (broad SMARTS) is 2. The second kappa shape index (κ2) is 13.6. The zero-order chi connectivity index (χ0) is 31.3. The minimum absolute atomic E-state index is 0.0865. The Morgan fingerprint density at radius 1 is 0.744 bits per heavy atom. The molecule has 2 unspecified atom stereocenters. The van der Waals surface area contributed by atoms with Crippen molar-refractivity contribution in [1.29, 1.82) is 0 Å². The van der Waals surface area contributed by atoms with Gasteiger partial charge in [-0.25, -0.2) is 9.97 Å². The number of carboxylic acids is 2. The number of amides is 2. The van der Waals surface area contributed by atoms with Gasteiger partial charge in [0.25, 0.3) is 11.8 Å². The molecule has 0 bridgehead atoms. The first-order valence-corrected chi connectivity index (χ1v) is 13.9. The molecule has 43 heavy (non-hydrogen) atoms. The van der Waals surface area contributed by atoms with Crippen molar-refractivity contribution in [2.24, 2.45) is 11.8 Å². The smallest absolute Gasteiger partial charge is 0.306 e. The fourth-order valence-corrected chi connectivity index (χ4v) is 4.77. The largest absolute Gasteiger partial charge is 0.488 e. The van der Waals surface area contributed by atoms with Crippen LogP contribution < -0.4 is 18.9 Å². The van der Waals surface area contributed by atoms with E-state index in [9.17, 15) is 19.2 Å². The van der Waals surface area contributed by atoms with Gasteiger partial charge in [-0.2, -0.15) is 0 Å². The predicted molar refractivity (Wildman–Crippen MR) is 149 cm³/mol. The summed E-state index contributed by atoms with van der Waals surface area (Å²) in [5, 5.41) is 18.2. The molecule has 0 aromatic carbocycles. The maximum absolute atomic E-state index is 12.6. The van der Waals surface area contributed by atoms with Crippen LogP contribution in [0.25, 0.3) is 0 Å². The quantitative estimate of drug-likeness (QED) is 0.303. The van der Waals surface area contributed by atoms with E-state index in [-0.39, 0.29) is 62.7 Å². The lowest BCUT2D eigenvalue weighted by Gasteiger charge is -2.16. The van der Waals surface area contributed by atoms with E-state index in [1.165, 1.54) is 28.1 Å². The van der Waals surface area contributed by atoms with E-state index in [0.29, 0.717) is 42.4 Å². The average Bonchev–Trinajstić information content (AvgIpc) is 3.59. The lowest BCUT2D eigenvalue weighted by Crippen LogP contribution is -2.28. The fourth-order valence-electron chi connectivity index (χ4n) is 4.77. The Bertz CT molecular complexity index is 1290. The summed E-state index contributed by atoms with van der Waals surface area (Å²) in [5.41, 5.74) is 2.97. The van der Waals surface area contributed by atoms with Crippen LogP contribution in [0, 0.1) is 11.8 Å². The number of ether oxygens (including phenoxy) is 4. The lowest BCUT2D eigenvalue weighted by atomic mass is 10.1. The number of methoxy groups -OCH3 is 2. The summed E-state index contributed by atoms with van der Waals surface area (Å²) >= 11 is 0. The third-order valence-corrected chi connectivity index (χ3v) is 7.35. The van der Waals surface area contributed by atoms with Gasteiger partial charge in [0.15, 0.2) is 11.5 Å². The molecule has 0 fully saturated rings. The van der Waals surface area contributed by atoms with E-state index in [4.69, 9.17) is 29.2 Å². The average molecular weight is 601 g/mol. The van der Waals surface area contributed by atoms with E-state index in [0.717, 1.165) is 11.1 Å². The summed E-state index contributed by atoms with van der Waals surface area (Å²) in [6, 6.07) is 3.57. The summed E-state index contributed by atoms with van der Waals surface area (Å²) in [6.07, 6.45) is 0.323. The third-order valence-electron chi connectivity index (χ3n) is 7.35. The normalized spacial score (nSPS) is 14.9. The van der Waals surface area contributed by atoms with Crippen LogP contribution in [0.4, 0.5) is 0 Å². The molecule has 2 atom stereocenters. The van der Waals surface area contributed by atoms with Crippen molar-refractivity contribution in [2.75, 3.05) is 27.4 Å². The van der Waals surface area contributed by atoms with Gasteiger partial charge >= 0.3 is 11.9 Å². The third kappa shape index (κ3) is 7.43. The van der Waals surface area contributed by atoms with Crippen LogP contribution in [-0.2, 0) is 45.4 Å². The standard InChI is InChI=1S/C29H36N4O10/c1-16(28(36)37)8-24(34)32-12-18-10-22(26(40-3)30-20(18)14-32)42-6-5-7-43-23-11-19-13-33(15-21(19)31-27(23)41-4)25(35)9-17(2)29(38)39/h10-11,16-17H,5-9,12-15H2,1-4H3,(H,36,37)(H,38,39). The lowest BCUT2D eigenvalue weighted by molar-refractivity contribution is -0.145. The Kier molecular flexibility index (Phi) is 9.88. The van der Waals surface area contributed by atoms with Gasteiger partial charge in [-0.05, 0) is 23.3 Å². The summed E-state index contributed by atoms with van der Waals surface area (Å²) in [4.78, 5) is 59.5. The molecule has 2 aliphatic rings. The maximum atomic E-state index is 12.6. The van der Waals surface area contributed by atoms with Crippen LogP contribution in [-0.4, -0.2) is 81.2 Å². The van der Waals surface area contributed by atoms with Gasteiger partial charge in [-0.3, -0.25) is 19.2 Å². The zero-order valence-electron chi connectivity index (χ0n) is 24.6. The van der Waals surface area contributed by atoms with E-state index in [1.54, 1.807) is 21.9 Å². The van der Waals surface area contributed by atoms with E-state index in [1.807, 2.05) is 0 Å². The number of aromatic nitrogens is 2. The molecule has 0 spiro atoms. The molecule has 2 N–H and O–H groups in total. The number of hydrogen-bond donors (Lipinski definition) is 2. The van der Waals surface area contributed by atoms with Gasteiger partial charge in [0.05, 0.1) is 63.7 Å². The van der Waals surface area contributed by atoms with Crippen LogP contribution in [0.3, 0.4) is 0 Å². The Morgan fingerprint density at radius 2 is 1.14 bits per heavy atom. The number of pyridine rings is 2. The Morgan fingerprint density at radius 3 is 1.49 bits per heavy atom. The van der Waals surface area contributed by atoms with Gasteiger partial charge in [-0.15, -0.1) is 0 Å². The number of hydrogen-bond acceptors (Lipinski definition) is 10. The van der Waals surface area contributed by atoms with Crippen LogP contribution in [0.15, 0.2) is 12.1 Å². The summed E-state index contributed by atoms with van der Waals surface area (Å²) in [6.45, 7) is 4.72. The monoisotopic (exact) mass is 600 g/mol. The molecule has 4 heterocycles. The molecule has 2 aromatic heterocycles. The molecule has 0 saturated carbocycles. The summed E-state index contributed by atoms with van der Waals surface area (Å²) < 4.78 is 22.6. The first-order chi connectivity index (χ1) is 20.5. The van der Waals surface area contributed by atoms with Crippen molar-refractivity contribution >= 4 is 23.8 Å². The van der Waals surface area contributed by atoms with Crippen molar-refractivity contribution in [3.05, 3.63) is 34.6 Å². The fraction of sp³-hybridized carbons (Fsp3) is 0.517. The number of rotatable bonds is 14. The second-order valence-corrected chi connectivity index (χ2v) is 10.6. The molecule has 14 heteroatoms. The molecule has 2 amide bonds. The molecule has 4 rings (SSSR count). The van der Waals surface area contributed by atoms with Gasteiger partial charge in [0, 0.05) is 32.4 Å². The molecular weight excluding hydrogens is 564 g/mol. The Hall–Kier alpha value is -4.62. The highest BCUT2D eigenvalue weighted by atomic mass is 16.5. The zero-order valence-corrected chi connectivity index (χ0v) is 24.6. The summed E-state index contributed by atoms with van der Waals surface area (Å²) in [7, 11) is 2.96. The van der Waals surface area contributed by atoms with E-state index < -0.39 is 23.8 Å². The van der Waals surface area contributed by atoms with E-state index in [2.05, 4.69) is 9.97 Å². The molecular formula is C29H36N4O10. The molecule has 2 aliphatic heterocycles. The van der Waals surface area contributed by atoms with Crippen molar-refractivity contribution in [2.45, 2.75) is 59.3 Å². The molecule has 14 nitrogen and oxygen atoms in total. The van der Waals surface area contributed by atoms with Gasteiger partial charge < -0.3 is 39.0 Å². The van der Waals surface area contributed by atoms with Crippen molar-refractivity contribution in [3.8, 4) is 23.3 Å². The predicted octanol–water partition coefficient (Wildman–Crippen LogP) is 2.25. The number of nitrogens with zero attached hydrogens (tertiary/aromatic N) is 4. The van der Waals surface area contributed by atoms with Crippen LogP contribution in [0.1, 0.15) is 55.6 Å². The molecule has 232 valence electrons. The van der Waals surface area contributed by atoms with Crippen molar-refractivity contribution in [1.82, 2.24) is 19.8 Å². The first-order valence-electron chi connectivity index (χ1n) is 13.9. The van der Waals surface area contributed by atoms with Crippen LogP contribution >= 0.6 is 0 Å². The van der Waals surface area contributed by atoms with Crippen LogP contribution in [0.5, 0.6) is 23.3 Å². The highest BCUT2D eigenvalue weighted by molar-refractivity contribution is 5.83. The van der Waals surface area contributed by atoms with E-state index >= 15 is 0 Å². The Labute approximate surface area is 248 Å². The number of fused-ring (bicyclic) bond motifs is 2. The molecule has 0 saturated heterocycles.